The summed E-state index contributed by atoms with van der Waals surface area (Å²) < 4.78 is 31.4. The molecule has 1 N–H and O–H groups in total. The molecule has 2 aromatic rings. The van der Waals surface area contributed by atoms with Gasteiger partial charge in [0.15, 0.2) is 9.84 Å². The fourth-order valence-electron chi connectivity index (χ4n) is 5.15. The zero-order chi connectivity index (χ0) is 23.2. The Labute approximate surface area is 196 Å². The summed E-state index contributed by atoms with van der Waals surface area (Å²) in [4.78, 5) is 7.35. The van der Waals surface area contributed by atoms with E-state index in [2.05, 4.69) is 34.4 Å². The standard InChI is InChI=1S/C26H31N3O3S/c1-4-33(30,31)20-7-5-6-19(13-20)21-8-9-23(32-16-18-10-11-29(3)15-18)25-24(21)22-12-17(2)14-27-26(22)28-25/h5-9,12-14,18,24-25H,4,10-11,15-16H2,1-3H3,(H,27,28)/t18-,24?,25?/m1/s1. The summed E-state index contributed by atoms with van der Waals surface area (Å²) in [6.07, 6.45) is 7.17. The number of sulfone groups is 1. The van der Waals surface area contributed by atoms with Gasteiger partial charge in [0.2, 0.25) is 0 Å². The normalized spacial score (nSPS) is 24.5. The Morgan fingerprint density at radius 3 is 2.85 bits per heavy atom. The van der Waals surface area contributed by atoms with Gasteiger partial charge in [0.25, 0.3) is 0 Å². The van der Waals surface area contributed by atoms with E-state index in [1.54, 1.807) is 19.1 Å². The van der Waals surface area contributed by atoms with Gasteiger partial charge in [-0.2, -0.15) is 0 Å². The van der Waals surface area contributed by atoms with Gasteiger partial charge in [-0.15, -0.1) is 0 Å². The van der Waals surface area contributed by atoms with Gasteiger partial charge in [-0.25, -0.2) is 13.4 Å². The minimum absolute atomic E-state index is 0.0123. The number of rotatable bonds is 6. The second-order valence-corrected chi connectivity index (χ2v) is 11.7. The first-order valence-corrected chi connectivity index (χ1v) is 13.3. The van der Waals surface area contributed by atoms with Crippen molar-refractivity contribution in [3.8, 4) is 0 Å². The van der Waals surface area contributed by atoms with E-state index in [-0.39, 0.29) is 17.7 Å². The van der Waals surface area contributed by atoms with Crippen LogP contribution in [0, 0.1) is 12.8 Å². The molecule has 1 saturated heterocycles. The van der Waals surface area contributed by atoms with Crippen LogP contribution in [0.4, 0.5) is 5.82 Å². The number of fused-ring (bicyclic) bond motifs is 3. The Kier molecular flexibility index (Phi) is 5.79. The summed E-state index contributed by atoms with van der Waals surface area (Å²) >= 11 is 0. The molecule has 6 nitrogen and oxygen atoms in total. The maximum atomic E-state index is 12.5. The molecule has 0 amide bonds. The maximum Gasteiger partial charge on any atom is 0.178 e. The highest BCUT2D eigenvalue weighted by molar-refractivity contribution is 7.91. The first-order valence-electron chi connectivity index (χ1n) is 11.6. The van der Waals surface area contributed by atoms with Crippen molar-refractivity contribution in [2.24, 2.45) is 5.92 Å². The van der Waals surface area contributed by atoms with E-state index >= 15 is 0 Å². The Balaban J connectivity index is 1.52. The van der Waals surface area contributed by atoms with Gasteiger partial charge in [0.05, 0.1) is 23.3 Å². The van der Waals surface area contributed by atoms with Crippen LogP contribution >= 0.6 is 0 Å². The number of likely N-dealkylation sites (tertiary alicyclic amines) is 1. The van der Waals surface area contributed by atoms with Gasteiger partial charge in [0.1, 0.15) is 11.6 Å². The van der Waals surface area contributed by atoms with Gasteiger partial charge in [-0.1, -0.05) is 31.2 Å². The van der Waals surface area contributed by atoms with Crippen molar-refractivity contribution in [3.05, 3.63) is 71.1 Å². The van der Waals surface area contributed by atoms with Crippen LogP contribution in [0.3, 0.4) is 0 Å². The monoisotopic (exact) mass is 465 g/mol. The predicted octanol–water partition coefficient (Wildman–Crippen LogP) is 4.01. The number of allylic oxidation sites excluding steroid dienone is 2. The summed E-state index contributed by atoms with van der Waals surface area (Å²) in [6, 6.07) is 9.43. The van der Waals surface area contributed by atoms with Crippen molar-refractivity contribution in [1.82, 2.24) is 9.88 Å². The molecule has 33 heavy (non-hydrogen) atoms. The van der Waals surface area contributed by atoms with Crippen molar-refractivity contribution in [2.75, 3.05) is 37.8 Å². The molecule has 0 radical (unpaired) electrons. The minimum atomic E-state index is -3.28. The first-order chi connectivity index (χ1) is 15.9. The molecule has 0 spiro atoms. The second-order valence-electron chi connectivity index (χ2n) is 9.40. The molecule has 3 atom stereocenters. The van der Waals surface area contributed by atoms with E-state index < -0.39 is 9.84 Å². The predicted molar refractivity (Wildman–Crippen MR) is 131 cm³/mol. The highest BCUT2D eigenvalue weighted by Gasteiger charge is 2.41. The lowest BCUT2D eigenvalue weighted by atomic mass is 9.80. The third-order valence-electron chi connectivity index (χ3n) is 6.96. The number of hydrogen-bond acceptors (Lipinski definition) is 6. The molecule has 0 bridgehead atoms. The molecule has 3 heterocycles. The number of ether oxygens (including phenoxy) is 1. The average Bonchev–Trinajstić information content (AvgIpc) is 3.41. The zero-order valence-corrected chi connectivity index (χ0v) is 20.2. The van der Waals surface area contributed by atoms with E-state index in [1.165, 1.54) is 0 Å². The number of pyridine rings is 1. The topological polar surface area (TPSA) is 71.5 Å². The van der Waals surface area contributed by atoms with Crippen LogP contribution in [0.15, 0.2) is 59.3 Å². The molecule has 1 fully saturated rings. The van der Waals surface area contributed by atoms with E-state index in [9.17, 15) is 8.42 Å². The Morgan fingerprint density at radius 2 is 2.09 bits per heavy atom. The van der Waals surface area contributed by atoms with E-state index in [1.807, 2.05) is 31.3 Å². The molecule has 174 valence electrons. The van der Waals surface area contributed by atoms with Gasteiger partial charge >= 0.3 is 0 Å². The summed E-state index contributed by atoms with van der Waals surface area (Å²) in [7, 11) is -1.13. The summed E-state index contributed by atoms with van der Waals surface area (Å²) in [5.41, 5.74) is 4.23. The largest absolute Gasteiger partial charge is 0.495 e. The van der Waals surface area contributed by atoms with Crippen molar-refractivity contribution in [2.45, 2.75) is 37.1 Å². The molecule has 1 aliphatic carbocycles. The van der Waals surface area contributed by atoms with Gasteiger partial charge in [-0.3, -0.25) is 0 Å². The van der Waals surface area contributed by atoms with E-state index in [0.29, 0.717) is 17.4 Å². The lowest BCUT2D eigenvalue weighted by Crippen LogP contribution is -2.29. The molecule has 3 aliphatic rings. The summed E-state index contributed by atoms with van der Waals surface area (Å²) in [5.74, 6) is 2.43. The number of aryl methyl sites for hydroxylation is 1. The number of hydrogen-bond donors (Lipinski definition) is 1. The molecule has 1 aromatic carbocycles. The number of nitrogens with one attached hydrogen (secondary N) is 1. The lowest BCUT2D eigenvalue weighted by Gasteiger charge is -2.29. The van der Waals surface area contributed by atoms with Crippen LogP contribution in [0.25, 0.3) is 5.57 Å². The molecule has 2 unspecified atom stereocenters. The Bertz CT molecular complexity index is 1240. The minimum Gasteiger partial charge on any atom is -0.495 e. The highest BCUT2D eigenvalue weighted by Crippen LogP contribution is 2.48. The van der Waals surface area contributed by atoms with Gasteiger partial charge < -0.3 is 15.0 Å². The molecule has 7 heteroatoms. The van der Waals surface area contributed by atoms with Crippen LogP contribution in [-0.4, -0.2) is 56.8 Å². The zero-order valence-electron chi connectivity index (χ0n) is 19.4. The molecule has 5 rings (SSSR count). The highest BCUT2D eigenvalue weighted by atomic mass is 32.2. The first kappa shape index (κ1) is 22.2. The number of nitrogens with zero attached hydrogens (tertiary/aromatic N) is 2. The Morgan fingerprint density at radius 1 is 1.24 bits per heavy atom. The maximum absolute atomic E-state index is 12.5. The number of anilines is 1. The van der Waals surface area contributed by atoms with E-state index in [4.69, 9.17) is 4.74 Å². The molecule has 0 saturated carbocycles. The summed E-state index contributed by atoms with van der Waals surface area (Å²) in [6.45, 7) is 6.61. The third-order valence-corrected chi connectivity index (χ3v) is 8.70. The number of aromatic nitrogens is 1. The fraction of sp³-hybridized carbons (Fsp3) is 0.423. The van der Waals surface area contributed by atoms with Crippen molar-refractivity contribution in [1.29, 1.82) is 0 Å². The SMILES string of the molecule is CCS(=O)(=O)c1cccc(C2=CC=C(OC[C@@H]3CCN(C)C3)C3Nc4ncc(C)cc4C23)c1. The third kappa shape index (κ3) is 4.20. The second kappa shape index (κ2) is 8.61. The van der Waals surface area contributed by atoms with Crippen LogP contribution in [0.2, 0.25) is 0 Å². The molecular weight excluding hydrogens is 434 g/mol. The van der Waals surface area contributed by atoms with Gasteiger partial charge in [-0.05, 0) is 61.8 Å². The molecular formula is C26H31N3O3S. The molecule has 1 aromatic heterocycles. The van der Waals surface area contributed by atoms with Crippen LogP contribution in [0.5, 0.6) is 0 Å². The smallest absolute Gasteiger partial charge is 0.178 e. The van der Waals surface area contributed by atoms with Gasteiger partial charge in [0, 0.05) is 30.1 Å². The van der Waals surface area contributed by atoms with Crippen LogP contribution in [0.1, 0.15) is 36.0 Å². The fourth-order valence-corrected chi connectivity index (χ4v) is 6.07. The average molecular weight is 466 g/mol. The van der Waals surface area contributed by atoms with Crippen LogP contribution in [-0.2, 0) is 14.6 Å². The van der Waals surface area contributed by atoms with Crippen molar-refractivity contribution in [3.63, 3.8) is 0 Å². The Hall–Kier alpha value is -2.64. The van der Waals surface area contributed by atoms with Crippen LogP contribution < -0.4 is 5.32 Å². The lowest BCUT2D eigenvalue weighted by molar-refractivity contribution is 0.154. The summed E-state index contributed by atoms with van der Waals surface area (Å²) in [5, 5.41) is 3.58. The molecule has 2 aliphatic heterocycles. The number of benzene rings is 1. The van der Waals surface area contributed by atoms with Crippen molar-refractivity contribution >= 4 is 21.2 Å². The van der Waals surface area contributed by atoms with E-state index in [0.717, 1.165) is 53.4 Å². The quantitative estimate of drug-likeness (QED) is 0.695. The van der Waals surface area contributed by atoms with Crippen molar-refractivity contribution < 1.29 is 13.2 Å².